The van der Waals surface area contributed by atoms with Gasteiger partial charge in [-0.3, -0.25) is 9.59 Å². The normalized spacial score (nSPS) is 27.9. The summed E-state index contributed by atoms with van der Waals surface area (Å²) in [6.07, 6.45) is 4.64. The van der Waals surface area contributed by atoms with Crippen LogP contribution in [0.1, 0.15) is 33.6 Å². The molecule has 1 rings (SSSR count). The minimum Gasteiger partial charge on any atom is -0.747 e. The van der Waals surface area contributed by atoms with Crippen LogP contribution in [0.4, 0.5) is 0 Å². The van der Waals surface area contributed by atoms with E-state index in [0.717, 1.165) is 0 Å². The molecule has 2 amide bonds. The van der Waals surface area contributed by atoms with Crippen molar-refractivity contribution in [3.8, 4) is 0 Å². The maximum absolute atomic E-state index is 12.1. The Balaban J connectivity index is 0.00000289. The number of allylic oxidation sites excluding steroid dienone is 2. The Morgan fingerprint density at radius 3 is 2.22 bits per heavy atom. The van der Waals surface area contributed by atoms with Crippen molar-refractivity contribution in [2.75, 3.05) is 0 Å². The molecule has 18 heavy (non-hydrogen) atoms. The Morgan fingerprint density at radius 2 is 1.83 bits per heavy atom. The van der Waals surface area contributed by atoms with Gasteiger partial charge in [0.1, 0.15) is 5.41 Å². The van der Waals surface area contributed by atoms with Crippen molar-refractivity contribution in [1.82, 2.24) is 10.6 Å². The topological polar surface area (TPSA) is 58.2 Å². The molecule has 0 spiro atoms. The largest absolute Gasteiger partial charge is 1.00 e. The van der Waals surface area contributed by atoms with E-state index in [-0.39, 0.29) is 47.3 Å². The summed E-state index contributed by atoms with van der Waals surface area (Å²) in [5.74, 6) is -0.250. The fourth-order valence-electron chi connectivity index (χ4n) is 2.12. The van der Waals surface area contributed by atoms with Crippen molar-refractivity contribution in [2.45, 2.75) is 39.1 Å². The molecule has 4 nitrogen and oxygen atoms in total. The Kier molecular flexibility index (Phi) is 7.59. The Labute approximate surface area is 136 Å². The zero-order valence-corrected chi connectivity index (χ0v) is 14.3. The third-order valence-corrected chi connectivity index (χ3v) is 3.09. The first-order chi connectivity index (χ1) is 7.92. The molecule has 96 valence electrons. The number of carbonyl (C=O) groups is 2. The van der Waals surface area contributed by atoms with Crippen molar-refractivity contribution in [3.63, 3.8) is 0 Å². The third-order valence-electron chi connectivity index (χ3n) is 2.85. The standard InChI is InChI=1S/C12H20N2O2S.Na/c1-4-5-6-12(7-8(2)3)9(15)13-11(17)14-10(12)16;/h4-5,8,11,17H,6-7H2,1-3H3,(H,13,15)(H,14,16);/q;+1/p-1/b5-4+;. The van der Waals surface area contributed by atoms with Gasteiger partial charge >= 0.3 is 29.6 Å². The van der Waals surface area contributed by atoms with Gasteiger partial charge in [0.25, 0.3) is 0 Å². The molecule has 2 N–H and O–H groups in total. The molecule has 0 aromatic rings. The van der Waals surface area contributed by atoms with Crippen LogP contribution in [-0.2, 0) is 22.2 Å². The van der Waals surface area contributed by atoms with Gasteiger partial charge in [-0.25, -0.2) is 0 Å². The van der Waals surface area contributed by atoms with Crippen LogP contribution in [0.15, 0.2) is 12.2 Å². The van der Waals surface area contributed by atoms with E-state index in [4.69, 9.17) is 12.6 Å². The predicted octanol–water partition coefficient (Wildman–Crippen LogP) is -1.93. The maximum Gasteiger partial charge on any atom is 1.00 e. The molecule has 0 aromatic heterocycles. The van der Waals surface area contributed by atoms with Gasteiger partial charge in [-0.2, -0.15) is 0 Å². The summed E-state index contributed by atoms with van der Waals surface area (Å²) >= 11 is 4.89. The van der Waals surface area contributed by atoms with E-state index < -0.39 is 10.9 Å². The molecule has 1 aliphatic heterocycles. The van der Waals surface area contributed by atoms with Crippen molar-refractivity contribution >= 4 is 24.4 Å². The molecule has 1 fully saturated rings. The average molecular weight is 278 g/mol. The molecular weight excluding hydrogens is 259 g/mol. The van der Waals surface area contributed by atoms with Gasteiger partial charge in [0.15, 0.2) is 0 Å². The summed E-state index contributed by atoms with van der Waals surface area (Å²) in [5, 5.41) is 5.25. The van der Waals surface area contributed by atoms with Crippen LogP contribution in [0, 0.1) is 11.3 Å². The number of rotatable bonds is 4. The van der Waals surface area contributed by atoms with Gasteiger partial charge in [0.2, 0.25) is 11.8 Å². The van der Waals surface area contributed by atoms with Crippen molar-refractivity contribution in [1.29, 1.82) is 0 Å². The Morgan fingerprint density at radius 1 is 1.33 bits per heavy atom. The van der Waals surface area contributed by atoms with Crippen LogP contribution in [0.3, 0.4) is 0 Å². The van der Waals surface area contributed by atoms with Crippen molar-refractivity contribution in [2.24, 2.45) is 11.3 Å². The van der Waals surface area contributed by atoms with E-state index in [0.29, 0.717) is 12.8 Å². The van der Waals surface area contributed by atoms with Crippen molar-refractivity contribution in [3.05, 3.63) is 12.2 Å². The molecule has 0 radical (unpaired) electrons. The molecule has 1 heterocycles. The van der Waals surface area contributed by atoms with Crippen LogP contribution >= 0.6 is 0 Å². The molecule has 0 unspecified atom stereocenters. The van der Waals surface area contributed by atoms with E-state index in [1.54, 1.807) is 0 Å². The maximum atomic E-state index is 12.1. The fraction of sp³-hybridized carbons (Fsp3) is 0.667. The van der Waals surface area contributed by atoms with Crippen LogP contribution < -0.4 is 40.2 Å². The van der Waals surface area contributed by atoms with Gasteiger partial charge < -0.3 is 23.3 Å². The molecule has 6 heteroatoms. The smallest absolute Gasteiger partial charge is 0.747 e. The minimum atomic E-state index is -1.00. The Hall–Kier alpha value is 0.0300. The summed E-state index contributed by atoms with van der Waals surface area (Å²) in [5.41, 5.74) is -1.70. The number of hydrogen-bond acceptors (Lipinski definition) is 3. The van der Waals surface area contributed by atoms with Crippen LogP contribution in [-0.4, -0.2) is 17.3 Å². The number of nitrogens with one attached hydrogen (secondary N) is 2. The minimum absolute atomic E-state index is 0. The first-order valence-electron chi connectivity index (χ1n) is 5.81. The third kappa shape index (κ3) is 4.02. The monoisotopic (exact) mass is 278 g/mol. The van der Waals surface area contributed by atoms with Gasteiger partial charge in [0.05, 0.1) is 0 Å². The predicted molar refractivity (Wildman–Crippen MR) is 68.8 cm³/mol. The summed E-state index contributed by atoms with van der Waals surface area (Å²) in [6, 6.07) is 0. The van der Waals surface area contributed by atoms with Crippen LogP contribution in [0.2, 0.25) is 0 Å². The summed E-state index contributed by atoms with van der Waals surface area (Å²) in [6.45, 7) is 5.87. The number of carbonyl (C=O) groups excluding carboxylic acids is 2. The van der Waals surface area contributed by atoms with Gasteiger partial charge in [0, 0.05) is 0 Å². The van der Waals surface area contributed by atoms with Gasteiger partial charge in [-0.15, -0.1) is 0 Å². The Bertz CT molecular complexity index is 327. The second kappa shape index (κ2) is 7.58. The molecule has 1 saturated heterocycles. The number of hydrogen-bond donors (Lipinski definition) is 2. The molecule has 0 bridgehead atoms. The SMILES string of the molecule is C/C=C/CC1(CC(C)C)C(=O)NC([S-])NC1=O.[Na+]. The fourth-order valence-corrected chi connectivity index (χ4v) is 2.34. The van der Waals surface area contributed by atoms with E-state index in [9.17, 15) is 9.59 Å². The molecule has 0 saturated carbocycles. The zero-order chi connectivity index (χ0) is 13.1. The molecule has 1 aliphatic rings. The van der Waals surface area contributed by atoms with E-state index in [1.165, 1.54) is 0 Å². The van der Waals surface area contributed by atoms with Crippen LogP contribution in [0.5, 0.6) is 0 Å². The van der Waals surface area contributed by atoms with Gasteiger partial charge in [-0.05, 0) is 31.2 Å². The van der Waals surface area contributed by atoms with E-state index in [2.05, 4.69) is 10.6 Å². The first kappa shape index (κ1) is 18.0. The summed E-state index contributed by atoms with van der Waals surface area (Å²) in [7, 11) is 0. The first-order valence-corrected chi connectivity index (χ1v) is 6.28. The summed E-state index contributed by atoms with van der Waals surface area (Å²) < 4.78 is 0. The van der Waals surface area contributed by atoms with Crippen LogP contribution in [0.25, 0.3) is 0 Å². The van der Waals surface area contributed by atoms with Gasteiger partial charge in [-0.1, -0.05) is 26.0 Å². The van der Waals surface area contributed by atoms with E-state index in [1.807, 2.05) is 32.9 Å². The molecule has 0 aliphatic carbocycles. The second-order valence-electron chi connectivity index (χ2n) is 4.78. The average Bonchev–Trinajstić information content (AvgIpc) is 2.21. The molecule has 0 aromatic carbocycles. The quantitative estimate of drug-likeness (QED) is 0.272. The molecule has 0 atom stereocenters. The summed E-state index contributed by atoms with van der Waals surface area (Å²) in [4.78, 5) is 24.2. The molecular formula is C12H19N2NaO2S. The second-order valence-corrected chi connectivity index (χ2v) is 5.25. The number of amides is 2. The van der Waals surface area contributed by atoms with Crippen molar-refractivity contribution < 1.29 is 39.1 Å². The van der Waals surface area contributed by atoms with E-state index >= 15 is 0 Å². The zero-order valence-electron chi connectivity index (χ0n) is 11.4.